The van der Waals surface area contributed by atoms with E-state index < -0.39 is 8.07 Å². The second kappa shape index (κ2) is 3.19. The second-order valence-electron chi connectivity index (χ2n) is 3.73. The lowest BCUT2D eigenvalue weighted by Gasteiger charge is -2.24. The summed E-state index contributed by atoms with van der Waals surface area (Å²) in [5.74, 6) is -0.123. The highest BCUT2D eigenvalue weighted by Gasteiger charge is 2.29. The molecule has 1 amide bonds. The van der Waals surface area contributed by atoms with Crippen LogP contribution >= 0.6 is 0 Å². The predicted octanol–water partition coefficient (Wildman–Crippen LogP) is 1.59. The standard InChI is InChI=1S/C7H17NOSi/c1-5-6(7(8)9)10(2,3)4/h6H,5H2,1-4H3,(H2,8,9). The van der Waals surface area contributed by atoms with Gasteiger partial charge >= 0.3 is 0 Å². The molecular weight excluding hydrogens is 142 g/mol. The lowest BCUT2D eigenvalue weighted by atomic mass is 10.3. The first kappa shape index (κ1) is 9.69. The van der Waals surface area contributed by atoms with Gasteiger partial charge in [-0.2, -0.15) is 0 Å². The number of carbonyl (C=O) groups excluding carboxylic acids is 1. The van der Waals surface area contributed by atoms with E-state index in [0.29, 0.717) is 0 Å². The van der Waals surface area contributed by atoms with E-state index in [-0.39, 0.29) is 11.4 Å². The third kappa shape index (κ3) is 2.52. The SMILES string of the molecule is CCC(C(N)=O)[Si](C)(C)C. The highest BCUT2D eigenvalue weighted by Crippen LogP contribution is 2.23. The summed E-state index contributed by atoms with van der Waals surface area (Å²) in [7, 11) is -1.32. The van der Waals surface area contributed by atoms with Crippen LogP contribution in [0.3, 0.4) is 0 Å². The van der Waals surface area contributed by atoms with Crippen LogP contribution in [0.2, 0.25) is 25.2 Å². The van der Waals surface area contributed by atoms with Crippen LogP contribution in [0.15, 0.2) is 0 Å². The summed E-state index contributed by atoms with van der Waals surface area (Å²) in [6.07, 6.45) is 0.894. The van der Waals surface area contributed by atoms with Crippen LogP contribution < -0.4 is 5.73 Å². The minimum Gasteiger partial charge on any atom is -0.370 e. The van der Waals surface area contributed by atoms with Crippen LogP contribution in [0.25, 0.3) is 0 Å². The average molecular weight is 159 g/mol. The van der Waals surface area contributed by atoms with Crippen molar-refractivity contribution in [1.82, 2.24) is 0 Å². The lowest BCUT2D eigenvalue weighted by molar-refractivity contribution is -0.118. The van der Waals surface area contributed by atoms with E-state index in [1.165, 1.54) is 0 Å². The molecule has 0 radical (unpaired) electrons. The fourth-order valence-electron chi connectivity index (χ4n) is 1.24. The van der Waals surface area contributed by atoms with Gasteiger partial charge in [0.2, 0.25) is 5.91 Å². The lowest BCUT2D eigenvalue weighted by Crippen LogP contribution is -2.36. The van der Waals surface area contributed by atoms with E-state index in [1.54, 1.807) is 0 Å². The van der Waals surface area contributed by atoms with Gasteiger partial charge in [0, 0.05) is 5.54 Å². The molecule has 0 heterocycles. The summed E-state index contributed by atoms with van der Waals surface area (Å²) in [4.78, 5) is 10.8. The van der Waals surface area contributed by atoms with Gasteiger partial charge < -0.3 is 5.73 Å². The van der Waals surface area contributed by atoms with Crippen molar-refractivity contribution in [3.05, 3.63) is 0 Å². The molecule has 2 nitrogen and oxygen atoms in total. The van der Waals surface area contributed by atoms with Gasteiger partial charge in [-0.25, -0.2) is 0 Å². The van der Waals surface area contributed by atoms with Crippen molar-refractivity contribution in [1.29, 1.82) is 0 Å². The molecule has 3 heteroatoms. The largest absolute Gasteiger partial charge is 0.370 e. The first-order valence-corrected chi connectivity index (χ1v) is 7.26. The Kier molecular flexibility index (Phi) is 3.09. The number of nitrogens with two attached hydrogens (primary N) is 1. The molecule has 0 rings (SSSR count). The van der Waals surface area contributed by atoms with Gasteiger partial charge in [0.25, 0.3) is 0 Å². The van der Waals surface area contributed by atoms with E-state index in [4.69, 9.17) is 5.73 Å². The second-order valence-corrected chi connectivity index (χ2v) is 9.16. The van der Waals surface area contributed by atoms with Crippen LogP contribution in [0, 0.1) is 0 Å². The van der Waals surface area contributed by atoms with Crippen LogP contribution in [-0.4, -0.2) is 14.0 Å². The Labute approximate surface area is 63.8 Å². The first-order chi connectivity index (χ1) is 4.39. The summed E-state index contributed by atoms with van der Waals surface area (Å²) in [5.41, 5.74) is 5.37. The van der Waals surface area contributed by atoms with Crippen molar-refractivity contribution >= 4 is 14.0 Å². The van der Waals surface area contributed by atoms with Gasteiger partial charge in [-0.15, -0.1) is 0 Å². The van der Waals surface area contributed by atoms with Crippen LogP contribution in [0.1, 0.15) is 13.3 Å². The van der Waals surface area contributed by atoms with Crippen molar-refractivity contribution < 1.29 is 4.79 Å². The number of hydrogen-bond acceptors (Lipinski definition) is 1. The Morgan fingerprint density at radius 1 is 1.50 bits per heavy atom. The van der Waals surface area contributed by atoms with Crippen molar-refractivity contribution in [2.75, 3.05) is 0 Å². The van der Waals surface area contributed by atoms with Crippen molar-refractivity contribution in [2.24, 2.45) is 5.73 Å². The van der Waals surface area contributed by atoms with Gasteiger partial charge in [0.15, 0.2) is 0 Å². The van der Waals surface area contributed by atoms with Gasteiger partial charge in [0.1, 0.15) is 0 Å². The maximum atomic E-state index is 10.8. The smallest absolute Gasteiger partial charge is 0.217 e. The summed E-state index contributed by atoms with van der Waals surface area (Å²) in [6, 6.07) is 0. The molecule has 1 atom stereocenters. The maximum absolute atomic E-state index is 10.8. The van der Waals surface area contributed by atoms with E-state index in [9.17, 15) is 4.79 Å². The summed E-state index contributed by atoms with van der Waals surface area (Å²) < 4.78 is 0. The summed E-state index contributed by atoms with van der Waals surface area (Å²) in [5, 5.41) is 0. The maximum Gasteiger partial charge on any atom is 0.217 e. The molecule has 0 fully saturated rings. The molecule has 60 valence electrons. The third-order valence-electron chi connectivity index (χ3n) is 1.80. The number of amides is 1. The molecule has 0 saturated heterocycles. The average Bonchev–Trinajstić information content (AvgIpc) is 1.60. The third-order valence-corrected chi connectivity index (χ3v) is 4.58. The molecule has 1 unspecified atom stereocenters. The molecular formula is C7H17NOSi. The Hall–Kier alpha value is -0.313. The van der Waals surface area contributed by atoms with Crippen molar-refractivity contribution in [3.63, 3.8) is 0 Å². The molecule has 2 N–H and O–H groups in total. The number of primary amides is 1. The number of hydrogen-bond donors (Lipinski definition) is 1. The zero-order chi connectivity index (χ0) is 8.36. The molecule has 0 aromatic carbocycles. The fraction of sp³-hybridized carbons (Fsp3) is 0.857. The van der Waals surface area contributed by atoms with Gasteiger partial charge in [-0.05, 0) is 6.42 Å². The minimum atomic E-state index is -1.32. The first-order valence-electron chi connectivity index (χ1n) is 3.69. The quantitative estimate of drug-likeness (QED) is 0.624. The van der Waals surface area contributed by atoms with Crippen molar-refractivity contribution in [2.45, 2.75) is 38.5 Å². The zero-order valence-electron chi connectivity index (χ0n) is 7.27. The minimum absolute atomic E-state index is 0.123. The molecule has 0 aromatic rings. The van der Waals surface area contributed by atoms with E-state index >= 15 is 0 Å². The molecule has 0 aliphatic rings. The zero-order valence-corrected chi connectivity index (χ0v) is 8.27. The number of rotatable bonds is 3. The Morgan fingerprint density at radius 3 is 1.90 bits per heavy atom. The summed E-state index contributed by atoms with van der Waals surface area (Å²) >= 11 is 0. The van der Waals surface area contributed by atoms with Gasteiger partial charge in [-0.1, -0.05) is 26.6 Å². The van der Waals surface area contributed by atoms with E-state index in [0.717, 1.165) is 6.42 Å². The molecule has 0 saturated carbocycles. The predicted molar refractivity (Wildman–Crippen MR) is 46.6 cm³/mol. The highest BCUT2D eigenvalue weighted by molar-refractivity contribution is 6.80. The Morgan fingerprint density at radius 2 is 1.90 bits per heavy atom. The molecule has 0 aliphatic carbocycles. The van der Waals surface area contributed by atoms with E-state index in [2.05, 4.69) is 19.6 Å². The molecule has 0 aromatic heterocycles. The van der Waals surface area contributed by atoms with Crippen molar-refractivity contribution in [3.8, 4) is 0 Å². The topological polar surface area (TPSA) is 43.1 Å². The van der Waals surface area contributed by atoms with Crippen LogP contribution in [-0.2, 0) is 4.79 Å². The normalized spacial score (nSPS) is 14.8. The van der Waals surface area contributed by atoms with Gasteiger partial charge in [-0.3, -0.25) is 4.79 Å². The molecule has 0 bridgehead atoms. The summed E-state index contributed by atoms with van der Waals surface area (Å²) in [6.45, 7) is 8.54. The van der Waals surface area contributed by atoms with Gasteiger partial charge in [0.05, 0.1) is 8.07 Å². The Bertz CT molecular complexity index is 128. The molecule has 10 heavy (non-hydrogen) atoms. The molecule has 0 aliphatic heterocycles. The van der Waals surface area contributed by atoms with Crippen LogP contribution in [0.4, 0.5) is 0 Å². The monoisotopic (exact) mass is 159 g/mol. The van der Waals surface area contributed by atoms with E-state index in [1.807, 2.05) is 6.92 Å². The fourth-order valence-corrected chi connectivity index (χ4v) is 3.32. The Balaban J connectivity index is 4.22. The van der Waals surface area contributed by atoms with Crippen LogP contribution in [0.5, 0.6) is 0 Å². The number of carbonyl (C=O) groups is 1. The molecule has 0 spiro atoms. The highest BCUT2D eigenvalue weighted by atomic mass is 28.3.